The molecular formula is C8H7N5O2. The highest BCUT2D eigenvalue weighted by Gasteiger charge is 2.11. The molecule has 0 aromatic carbocycles. The van der Waals surface area contributed by atoms with E-state index in [1.54, 1.807) is 24.5 Å². The Morgan fingerprint density at radius 2 is 2.40 bits per heavy atom. The Morgan fingerprint density at radius 1 is 1.53 bits per heavy atom. The molecule has 0 aliphatic heterocycles. The molecule has 0 amide bonds. The maximum atomic E-state index is 10.5. The Bertz CT molecular complexity index is 467. The number of hydrogen-bond donors (Lipinski definition) is 1. The van der Waals surface area contributed by atoms with E-state index in [-0.39, 0.29) is 12.2 Å². The summed E-state index contributed by atoms with van der Waals surface area (Å²) >= 11 is 0. The average Bonchev–Trinajstić information content (AvgIpc) is 2.66. The van der Waals surface area contributed by atoms with Crippen LogP contribution in [-0.4, -0.2) is 36.3 Å². The molecule has 7 heteroatoms. The fraction of sp³-hybridized carbons (Fsp3) is 0.125. The Balaban J connectivity index is 2.37. The monoisotopic (exact) mass is 205 g/mol. The van der Waals surface area contributed by atoms with Crippen molar-refractivity contribution in [2.75, 3.05) is 0 Å². The lowest BCUT2D eigenvalue weighted by atomic mass is 10.4. The van der Waals surface area contributed by atoms with Crippen molar-refractivity contribution in [3.63, 3.8) is 0 Å². The highest BCUT2D eigenvalue weighted by molar-refractivity contribution is 5.69. The van der Waals surface area contributed by atoms with Crippen LogP contribution in [0.3, 0.4) is 0 Å². The zero-order valence-electron chi connectivity index (χ0n) is 7.61. The zero-order valence-corrected chi connectivity index (χ0v) is 7.61. The molecule has 0 fully saturated rings. The Morgan fingerprint density at radius 3 is 3.07 bits per heavy atom. The molecule has 0 saturated carbocycles. The van der Waals surface area contributed by atoms with Crippen molar-refractivity contribution < 1.29 is 9.90 Å². The van der Waals surface area contributed by atoms with Crippen molar-refractivity contribution in [1.82, 2.24) is 25.2 Å². The summed E-state index contributed by atoms with van der Waals surface area (Å²) in [4.78, 5) is 14.4. The number of hydrogen-bond acceptors (Lipinski definition) is 5. The number of tetrazole rings is 1. The lowest BCUT2D eigenvalue weighted by Gasteiger charge is -2.00. The van der Waals surface area contributed by atoms with Crippen molar-refractivity contribution >= 4 is 5.97 Å². The molecule has 7 nitrogen and oxygen atoms in total. The molecule has 0 unspecified atom stereocenters. The number of carboxylic acid groups (broad SMARTS) is 1. The molecule has 2 aromatic heterocycles. The maximum Gasteiger partial charge on any atom is 0.311 e. The van der Waals surface area contributed by atoms with Gasteiger partial charge >= 0.3 is 5.97 Å². The fourth-order valence-corrected chi connectivity index (χ4v) is 1.13. The standard InChI is InChI=1S/C8H7N5O2/c14-8(15)4-7-10-11-12-13(7)6-2-1-3-9-5-6/h1-3,5H,4H2,(H,14,15). The van der Waals surface area contributed by atoms with Crippen molar-refractivity contribution in [2.24, 2.45) is 0 Å². The molecule has 0 bridgehead atoms. The van der Waals surface area contributed by atoms with Crippen molar-refractivity contribution in [3.05, 3.63) is 30.4 Å². The van der Waals surface area contributed by atoms with E-state index in [0.29, 0.717) is 5.69 Å². The van der Waals surface area contributed by atoms with Gasteiger partial charge in [-0.25, -0.2) is 0 Å². The summed E-state index contributed by atoms with van der Waals surface area (Å²) in [6.07, 6.45) is 2.95. The van der Waals surface area contributed by atoms with Gasteiger partial charge < -0.3 is 5.11 Å². The Hall–Kier alpha value is -2.31. The van der Waals surface area contributed by atoms with E-state index in [9.17, 15) is 4.79 Å². The van der Waals surface area contributed by atoms with Crippen LogP contribution in [-0.2, 0) is 11.2 Å². The van der Waals surface area contributed by atoms with Crippen LogP contribution in [0.1, 0.15) is 5.82 Å². The SMILES string of the molecule is O=C(O)Cc1nnnn1-c1cccnc1. The van der Waals surface area contributed by atoms with Crippen LogP contribution in [0.25, 0.3) is 5.69 Å². The predicted molar refractivity (Wildman–Crippen MR) is 48.3 cm³/mol. The van der Waals surface area contributed by atoms with Crippen LogP contribution in [0, 0.1) is 0 Å². The van der Waals surface area contributed by atoms with Gasteiger partial charge in [-0.1, -0.05) is 0 Å². The Labute approximate surface area is 84.4 Å². The van der Waals surface area contributed by atoms with Crippen LogP contribution in [0.15, 0.2) is 24.5 Å². The molecule has 0 spiro atoms. The van der Waals surface area contributed by atoms with Gasteiger partial charge in [-0.3, -0.25) is 9.78 Å². The molecule has 0 radical (unpaired) electrons. The predicted octanol–water partition coefficient (Wildman–Crippen LogP) is -0.316. The number of carboxylic acids is 1. The normalized spacial score (nSPS) is 10.1. The van der Waals surface area contributed by atoms with Gasteiger partial charge in [0, 0.05) is 6.20 Å². The topological polar surface area (TPSA) is 93.8 Å². The highest BCUT2D eigenvalue weighted by atomic mass is 16.4. The van der Waals surface area contributed by atoms with E-state index in [1.807, 2.05) is 0 Å². The summed E-state index contributed by atoms with van der Waals surface area (Å²) in [5.41, 5.74) is 0.638. The average molecular weight is 205 g/mol. The van der Waals surface area contributed by atoms with Gasteiger partial charge in [0.15, 0.2) is 5.82 Å². The number of nitrogens with zero attached hydrogens (tertiary/aromatic N) is 5. The van der Waals surface area contributed by atoms with Gasteiger partial charge in [0.2, 0.25) is 0 Å². The molecule has 0 aliphatic rings. The summed E-state index contributed by atoms with van der Waals surface area (Å²) in [5, 5.41) is 19.4. The lowest BCUT2D eigenvalue weighted by Crippen LogP contribution is -2.09. The number of aromatic nitrogens is 5. The third-order valence-electron chi connectivity index (χ3n) is 1.73. The number of pyridine rings is 1. The van der Waals surface area contributed by atoms with Gasteiger partial charge in [0.05, 0.1) is 11.9 Å². The van der Waals surface area contributed by atoms with E-state index < -0.39 is 5.97 Å². The largest absolute Gasteiger partial charge is 0.481 e. The minimum absolute atomic E-state index is 0.220. The third kappa shape index (κ3) is 1.96. The summed E-state index contributed by atoms with van der Waals surface area (Å²) < 4.78 is 1.35. The zero-order chi connectivity index (χ0) is 10.7. The van der Waals surface area contributed by atoms with Crippen molar-refractivity contribution in [3.8, 4) is 5.69 Å². The van der Waals surface area contributed by atoms with E-state index in [0.717, 1.165) is 0 Å². The minimum atomic E-state index is -0.977. The van der Waals surface area contributed by atoms with Gasteiger partial charge in [-0.15, -0.1) is 5.10 Å². The molecule has 76 valence electrons. The first-order valence-corrected chi connectivity index (χ1v) is 4.17. The quantitative estimate of drug-likeness (QED) is 0.738. The first kappa shape index (κ1) is 9.25. The summed E-state index contributed by atoms with van der Waals surface area (Å²) in [7, 11) is 0. The fourth-order valence-electron chi connectivity index (χ4n) is 1.13. The molecular weight excluding hydrogens is 198 g/mol. The summed E-state index contributed by atoms with van der Waals surface area (Å²) in [5.74, 6) is -0.703. The van der Waals surface area contributed by atoms with Crippen LogP contribution < -0.4 is 0 Å². The highest BCUT2D eigenvalue weighted by Crippen LogP contribution is 2.05. The van der Waals surface area contributed by atoms with Gasteiger partial charge in [-0.05, 0) is 22.6 Å². The molecule has 2 rings (SSSR count). The maximum absolute atomic E-state index is 10.5. The third-order valence-corrected chi connectivity index (χ3v) is 1.73. The van der Waals surface area contributed by atoms with Crippen LogP contribution in [0.2, 0.25) is 0 Å². The van der Waals surface area contributed by atoms with Gasteiger partial charge in [0.25, 0.3) is 0 Å². The second-order valence-corrected chi connectivity index (χ2v) is 2.79. The first-order chi connectivity index (χ1) is 7.27. The van der Waals surface area contributed by atoms with Crippen molar-refractivity contribution in [2.45, 2.75) is 6.42 Å². The molecule has 2 aromatic rings. The van der Waals surface area contributed by atoms with Crippen molar-refractivity contribution in [1.29, 1.82) is 0 Å². The molecule has 15 heavy (non-hydrogen) atoms. The minimum Gasteiger partial charge on any atom is -0.481 e. The molecule has 2 heterocycles. The van der Waals surface area contributed by atoms with E-state index in [1.165, 1.54) is 4.68 Å². The summed E-state index contributed by atoms with van der Waals surface area (Å²) in [6, 6.07) is 3.47. The molecule has 1 N–H and O–H groups in total. The lowest BCUT2D eigenvalue weighted by molar-refractivity contribution is -0.136. The molecule has 0 saturated heterocycles. The number of aliphatic carboxylic acids is 1. The first-order valence-electron chi connectivity index (χ1n) is 4.17. The van der Waals surface area contributed by atoms with E-state index >= 15 is 0 Å². The van der Waals surface area contributed by atoms with E-state index in [2.05, 4.69) is 20.5 Å². The molecule has 0 aliphatic carbocycles. The number of rotatable bonds is 3. The van der Waals surface area contributed by atoms with E-state index in [4.69, 9.17) is 5.11 Å². The second kappa shape index (κ2) is 3.82. The van der Waals surface area contributed by atoms with Crippen LogP contribution >= 0.6 is 0 Å². The number of carbonyl (C=O) groups is 1. The van der Waals surface area contributed by atoms with Crippen LogP contribution in [0.5, 0.6) is 0 Å². The second-order valence-electron chi connectivity index (χ2n) is 2.79. The van der Waals surface area contributed by atoms with Gasteiger partial charge in [-0.2, -0.15) is 4.68 Å². The smallest absolute Gasteiger partial charge is 0.311 e. The van der Waals surface area contributed by atoms with Gasteiger partial charge in [0.1, 0.15) is 6.42 Å². The molecule has 0 atom stereocenters. The van der Waals surface area contributed by atoms with Crippen LogP contribution in [0.4, 0.5) is 0 Å². The Kier molecular flexibility index (Phi) is 2.36. The summed E-state index contributed by atoms with van der Waals surface area (Å²) in [6.45, 7) is 0.